The lowest BCUT2D eigenvalue weighted by molar-refractivity contribution is -0.119. The van der Waals surface area contributed by atoms with Crippen LogP contribution in [0.4, 0.5) is 11.4 Å². The molecule has 0 radical (unpaired) electrons. The van der Waals surface area contributed by atoms with E-state index in [4.69, 9.17) is 4.74 Å². The molecule has 2 aromatic carbocycles. The van der Waals surface area contributed by atoms with Gasteiger partial charge in [-0.3, -0.25) is 4.79 Å². The Balaban J connectivity index is 1.49. The van der Waals surface area contributed by atoms with Crippen molar-refractivity contribution >= 4 is 17.3 Å². The minimum Gasteiger partial charge on any atom is -0.490 e. The van der Waals surface area contributed by atoms with Crippen LogP contribution in [-0.4, -0.2) is 46.3 Å². The van der Waals surface area contributed by atoms with E-state index in [9.17, 15) is 4.79 Å². The van der Waals surface area contributed by atoms with Crippen molar-refractivity contribution in [2.24, 2.45) is 0 Å². The van der Waals surface area contributed by atoms with Crippen molar-refractivity contribution in [3.8, 4) is 17.1 Å². The third kappa shape index (κ3) is 3.46. The number of tetrazole rings is 1. The summed E-state index contributed by atoms with van der Waals surface area (Å²) in [7, 11) is 2.00. The van der Waals surface area contributed by atoms with E-state index >= 15 is 0 Å². The number of fused-ring (bicyclic) bond motifs is 1. The maximum absolute atomic E-state index is 12.6. The molecule has 27 heavy (non-hydrogen) atoms. The number of anilines is 2. The highest BCUT2D eigenvalue weighted by atomic mass is 16.5. The van der Waals surface area contributed by atoms with Gasteiger partial charge in [-0.15, -0.1) is 10.2 Å². The van der Waals surface area contributed by atoms with Gasteiger partial charge in [0.2, 0.25) is 5.82 Å². The summed E-state index contributed by atoms with van der Waals surface area (Å²) in [6.45, 7) is 3.21. The zero-order chi connectivity index (χ0) is 18.8. The SMILES string of the molecule is CC(C(=O)Nc1ccc2c(c1)N(C)CCO2)n1nnc(-c2ccccc2)n1. The van der Waals surface area contributed by atoms with Gasteiger partial charge >= 0.3 is 0 Å². The summed E-state index contributed by atoms with van der Waals surface area (Å²) in [5.41, 5.74) is 2.51. The number of nitrogens with one attached hydrogen (secondary N) is 1. The Bertz CT molecular complexity index is 956. The predicted octanol–water partition coefficient (Wildman–Crippen LogP) is 2.37. The van der Waals surface area contributed by atoms with Crippen LogP contribution in [-0.2, 0) is 4.79 Å². The van der Waals surface area contributed by atoms with E-state index in [1.165, 1.54) is 4.80 Å². The molecule has 0 bridgehead atoms. The first-order valence-electron chi connectivity index (χ1n) is 8.75. The quantitative estimate of drug-likeness (QED) is 0.765. The van der Waals surface area contributed by atoms with Crippen molar-refractivity contribution in [2.45, 2.75) is 13.0 Å². The van der Waals surface area contributed by atoms with Gasteiger partial charge in [0.1, 0.15) is 18.4 Å². The van der Waals surface area contributed by atoms with E-state index < -0.39 is 6.04 Å². The van der Waals surface area contributed by atoms with Crippen molar-refractivity contribution in [2.75, 3.05) is 30.4 Å². The largest absolute Gasteiger partial charge is 0.490 e. The molecule has 8 heteroatoms. The van der Waals surface area contributed by atoms with Crippen LogP contribution in [0.15, 0.2) is 48.5 Å². The lowest BCUT2D eigenvalue weighted by Gasteiger charge is -2.28. The monoisotopic (exact) mass is 364 g/mol. The molecule has 8 nitrogen and oxygen atoms in total. The molecular formula is C19H20N6O2. The lowest BCUT2D eigenvalue weighted by atomic mass is 10.2. The summed E-state index contributed by atoms with van der Waals surface area (Å²) >= 11 is 0. The molecule has 3 aromatic rings. The number of likely N-dealkylation sites (N-methyl/N-ethyl adjacent to an activating group) is 1. The molecule has 0 fully saturated rings. The van der Waals surface area contributed by atoms with Gasteiger partial charge in [0, 0.05) is 18.3 Å². The molecule has 1 atom stereocenters. The summed E-state index contributed by atoms with van der Waals surface area (Å²) in [4.78, 5) is 16.0. The van der Waals surface area contributed by atoms with Gasteiger partial charge in [-0.1, -0.05) is 30.3 Å². The van der Waals surface area contributed by atoms with Gasteiger partial charge < -0.3 is 15.0 Å². The van der Waals surface area contributed by atoms with Crippen LogP contribution in [0.25, 0.3) is 11.4 Å². The second kappa shape index (κ2) is 7.06. The van der Waals surface area contributed by atoms with Gasteiger partial charge in [0.15, 0.2) is 0 Å². The number of nitrogens with zero attached hydrogens (tertiary/aromatic N) is 5. The first kappa shape index (κ1) is 17.0. The number of hydrogen-bond donors (Lipinski definition) is 1. The normalized spacial score (nSPS) is 14.2. The number of aromatic nitrogens is 4. The van der Waals surface area contributed by atoms with E-state index in [0.717, 1.165) is 23.5 Å². The second-order valence-corrected chi connectivity index (χ2v) is 6.42. The minimum absolute atomic E-state index is 0.216. The molecule has 0 aliphatic carbocycles. The van der Waals surface area contributed by atoms with Crippen LogP contribution in [0.1, 0.15) is 13.0 Å². The van der Waals surface area contributed by atoms with Crippen molar-refractivity contribution in [1.29, 1.82) is 0 Å². The van der Waals surface area contributed by atoms with E-state index in [1.54, 1.807) is 6.92 Å². The smallest absolute Gasteiger partial charge is 0.250 e. The second-order valence-electron chi connectivity index (χ2n) is 6.42. The summed E-state index contributed by atoms with van der Waals surface area (Å²) in [5, 5.41) is 15.3. The third-order valence-corrected chi connectivity index (χ3v) is 4.51. The third-order valence-electron chi connectivity index (χ3n) is 4.51. The van der Waals surface area contributed by atoms with Gasteiger partial charge in [0.05, 0.1) is 12.2 Å². The molecule has 0 saturated carbocycles. The average molecular weight is 364 g/mol. The van der Waals surface area contributed by atoms with Crippen LogP contribution in [0.5, 0.6) is 5.75 Å². The minimum atomic E-state index is -0.597. The highest BCUT2D eigenvalue weighted by molar-refractivity contribution is 5.94. The molecule has 4 rings (SSSR count). The number of benzene rings is 2. The Labute approximate surface area is 156 Å². The molecule has 2 heterocycles. The van der Waals surface area contributed by atoms with Gasteiger partial charge in [-0.2, -0.15) is 4.80 Å². The molecule has 0 saturated heterocycles. The Morgan fingerprint density at radius 3 is 2.85 bits per heavy atom. The van der Waals surface area contributed by atoms with Gasteiger partial charge in [0.25, 0.3) is 5.91 Å². The molecule has 138 valence electrons. The molecular weight excluding hydrogens is 344 g/mol. The Morgan fingerprint density at radius 1 is 1.22 bits per heavy atom. The zero-order valence-corrected chi connectivity index (χ0v) is 15.2. The number of amides is 1. The van der Waals surface area contributed by atoms with Crippen molar-refractivity contribution in [1.82, 2.24) is 20.2 Å². The fraction of sp³-hybridized carbons (Fsp3) is 0.263. The topological polar surface area (TPSA) is 85.2 Å². The van der Waals surface area contributed by atoms with Crippen molar-refractivity contribution in [3.63, 3.8) is 0 Å². The van der Waals surface area contributed by atoms with Gasteiger partial charge in [-0.05, 0) is 30.3 Å². The summed E-state index contributed by atoms with van der Waals surface area (Å²) in [6.07, 6.45) is 0. The van der Waals surface area contributed by atoms with Crippen molar-refractivity contribution < 1.29 is 9.53 Å². The maximum Gasteiger partial charge on any atom is 0.250 e. The number of carbonyl (C=O) groups excluding carboxylic acids is 1. The van der Waals surface area contributed by atoms with E-state index in [0.29, 0.717) is 18.1 Å². The number of hydrogen-bond acceptors (Lipinski definition) is 6. The summed E-state index contributed by atoms with van der Waals surface area (Å²) in [5.74, 6) is 1.09. The van der Waals surface area contributed by atoms with Crippen LogP contribution in [0.2, 0.25) is 0 Å². The standard InChI is InChI=1S/C19H20N6O2/c1-13(25-22-18(21-23-25)14-6-4-3-5-7-14)19(26)20-15-8-9-17-16(12-15)24(2)10-11-27-17/h3-9,12-13H,10-11H2,1-2H3,(H,20,26). The molecule has 1 N–H and O–H groups in total. The van der Waals surface area contributed by atoms with E-state index in [2.05, 4.69) is 25.6 Å². The predicted molar refractivity (Wildman–Crippen MR) is 102 cm³/mol. The first-order valence-corrected chi connectivity index (χ1v) is 8.75. The molecule has 1 aliphatic heterocycles. The Kier molecular flexibility index (Phi) is 4.45. The van der Waals surface area contributed by atoms with Gasteiger partial charge in [-0.25, -0.2) is 0 Å². The van der Waals surface area contributed by atoms with E-state index in [1.807, 2.05) is 55.6 Å². The Morgan fingerprint density at radius 2 is 2.04 bits per heavy atom. The highest BCUT2D eigenvalue weighted by Gasteiger charge is 2.20. The summed E-state index contributed by atoms with van der Waals surface area (Å²) < 4.78 is 5.63. The first-order chi connectivity index (χ1) is 13.1. The molecule has 1 unspecified atom stereocenters. The number of ether oxygens (including phenoxy) is 1. The average Bonchev–Trinajstić information content (AvgIpc) is 3.19. The fourth-order valence-electron chi connectivity index (χ4n) is 2.87. The molecule has 1 aliphatic rings. The summed E-state index contributed by atoms with van der Waals surface area (Å²) in [6, 6.07) is 14.5. The molecule has 0 spiro atoms. The molecule has 1 amide bonds. The fourth-order valence-corrected chi connectivity index (χ4v) is 2.87. The zero-order valence-electron chi connectivity index (χ0n) is 15.2. The number of carbonyl (C=O) groups is 1. The van der Waals surface area contributed by atoms with Crippen LogP contribution in [0.3, 0.4) is 0 Å². The van der Waals surface area contributed by atoms with Crippen molar-refractivity contribution in [3.05, 3.63) is 48.5 Å². The van der Waals surface area contributed by atoms with E-state index in [-0.39, 0.29) is 5.91 Å². The van der Waals surface area contributed by atoms with Crippen LogP contribution < -0.4 is 15.0 Å². The lowest BCUT2D eigenvalue weighted by Crippen LogP contribution is -2.29. The maximum atomic E-state index is 12.6. The molecule has 1 aromatic heterocycles. The Hall–Kier alpha value is -3.42. The van der Waals surface area contributed by atoms with Crippen LogP contribution in [0, 0.1) is 0 Å². The number of rotatable bonds is 4. The highest BCUT2D eigenvalue weighted by Crippen LogP contribution is 2.33. The van der Waals surface area contributed by atoms with Crippen LogP contribution >= 0.6 is 0 Å².